The van der Waals surface area contributed by atoms with Gasteiger partial charge in [0, 0.05) is 17.9 Å². The number of hydrogen-bond donors (Lipinski definition) is 2. The third-order valence-electron chi connectivity index (χ3n) is 10.2. The van der Waals surface area contributed by atoms with Crippen molar-refractivity contribution in [2.45, 2.75) is 88.8 Å². The van der Waals surface area contributed by atoms with E-state index in [4.69, 9.17) is 9.47 Å². The summed E-state index contributed by atoms with van der Waals surface area (Å²) in [5.41, 5.74) is 5.21. The SMILES string of the molecule is CC(C)(C)Oc1ccc(C[C@H](NC(=O)OCC2c3ccccc3-c3ccccc32)C(=O)NC23CC4CC(CC(C4)C2)C3)cc1. The predicted molar refractivity (Wildman–Crippen MR) is 172 cm³/mol. The zero-order valence-electron chi connectivity index (χ0n) is 26.1. The van der Waals surface area contributed by atoms with E-state index in [1.807, 2.05) is 69.3 Å². The first-order chi connectivity index (χ1) is 21.1. The van der Waals surface area contributed by atoms with E-state index in [0.717, 1.165) is 41.7 Å². The van der Waals surface area contributed by atoms with Crippen LogP contribution in [0.4, 0.5) is 4.79 Å². The monoisotopic (exact) mass is 592 g/mol. The Morgan fingerprint density at radius 2 is 1.36 bits per heavy atom. The zero-order chi connectivity index (χ0) is 30.5. The molecule has 4 bridgehead atoms. The number of nitrogens with one attached hydrogen (secondary N) is 2. The van der Waals surface area contributed by atoms with Crippen molar-refractivity contribution < 1.29 is 19.1 Å². The maximum atomic E-state index is 14.0. The second-order valence-corrected chi connectivity index (χ2v) is 14.8. The summed E-state index contributed by atoms with van der Waals surface area (Å²) in [5, 5.41) is 6.45. The van der Waals surface area contributed by atoms with Crippen LogP contribution in [-0.2, 0) is 16.0 Å². The summed E-state index contributed by atoms with van der Waals surface area (Å²) < 4.78 is 11.9. The lowest BCUT2D eigenvalue weighted by Gasteiger charge is -2.57. The number of carbonyl (C=O) groups excluding carboxylic acids is 2. The summed E-state index contributed by atoms with van der Waals surface area (Å²) in [6.07, 6.45) is 6.89. The third-order valence-corrected chi connectivity index (χ3v) is 10.2. The van der Waals surface area contributed by atoms with Crippen LogP contribution in [0.1, 0.15) is 81.9 Å². The number of ether oxygens (including phenoxy) is 2. The molecule has 0 saturated heterocycles. The molecule has 0 spiro atoms. The van der Waals surface area contributed by atoms with E-state index < -0.39 is 12.1 Å². The van der Waals surface area contributed by atoms with E-state index in [1.165, 1.54) is 30.4 Å². The number of amides is 2. The fourth-order valence-corrected chi connectivity index (χ4v) is 8.89. The van der Waals surface area contributed by atoms with E-state index >= 15 is 0 Å². The van der Waals surface area contributed by atoms with Crippen LogP contribution >= 0.6 is 0 Å². The second kappa shape index (κ2) is 11.3. The summed E-state index contributed by atoms with van der Waals surface area (Å²) in [7, 11) is 0. The lowest BCUT2D eigenvalue weighted by molar-refractivity contribution is -0.128. The molecule has 3 aromatic rings. The molecule has 0 heterocycles. The van der Waals surface area contributed by atoms with Crippen LogP contribution in [-0.4, -0.2) is 35.8 Å². The van der Waals surface area contributed by atoms with Crippen LogP contribution in [0.15, 0.2) is 72.8 Å². The summed E-state index contributed by atoms with van der Waals surface area (Å²) in [4.78, 5) is 27.4. The van der Waals surface area contributed by atoms with Gasteiger partial charge in [0.05, 0.1) is 0 Å². The van der Waals surface area contributed by atoms with Crippen molar-refractivity contribution in [1.82, 2.24) is 10.6 Å². The summed E-state index contributed by atoms with van der Waals surface area (Å²) in [6, 6.07) is 23.7. The Bertz CT molecular complexity index is 1460. The molecule has 4 fully saturated rings. The highest BCUT2D eigenvalue weighted by molar-refractivity contribution is 5.86. The van der Waals surface area contributed by atoms with Gasteiger partial charge in [0.1, 0.15) is 24.0 Å². The minimum atomic E-state index is -0.743. The lowest BCUT2D eigenvalue weighted by atomic mass is 9.53. The topological polar surface area (TPSA) is 76.7 Å². The van der Waals surface area contributed by atoms with Crippen molar-refractivity contribution in [3.8, 4) is 16.9 Å². The standard InChI is InChI=1S/C38H44N2O4/c1-37(2,3)44-28-14-12-24(13-15-28)19-34(35(41)40-38-20-25-16-26(21-38)18-27(17-25)22-38)39-36(42)43-23-33-31-10-6-4-8-29(31)30-9-5-7-11-32(30)33/h4-15,25-27,33-34H,16-23H2,1-3H3,(H,39,42)(H,40,41)/t25?,26?,27?,34-,38?/m0/s1. The van der Waals surface area contributed by atoms with Gasteiger partial charge >= 0.3 is 6.09 Å². The quantitative estimate of drug-likeness (QED) is 0.286. The van der Waals surface area contributed by atoms with Crippen LogP contribution in [0.2, 0.25) is 0 Å². The third kappa shape index (κ3) is 5.96. The Kier molecular flexibility index (Phi) is 7.42. The molecule has 0 aromatic heterocycles. The molecule has 4 saturated carbocycles. The molecule has 0 aliphatic heterocycles. The minimum absolute atomic E-state index is 0.0391. The minimum Gasteiger partial charge on any atom is -0.488 e. The first-order valence-electron chi connectivity index (χ1n) is 16.3. The van der Waals surface area contributed by atoms with Gasteiger partial charge in [-0.3, -0.25) is 4.79 Å². The molecule has 6 heteroatoms. The Balaban J connectivity index is 1.06. The maximum Gasteiger partial charge on any atom is 0.407 e. The van der Waals surface area contributed by atoms with Gasteiger partial charge in [-0.15, -0.1) is 0 Å². The summed E-state index contributed by atoms with van der Waals surface area (Å²) in [6.45, 7) is 6.26. The van der Waals surface area contributed by atoms with Crippen LogP contribution < -0.4 is 15.4 Å². The number of fused-ring (bicyclic) bond motifs is 3. The summed E-state index contributed by atoms with van der Waals surface area (Å²) >= 11 is 0. The van der Waals surface area contributed by atoms with Crippen LogP contribution in [0.25, 0.3) is 11.1 Å². The van der Waals surface area contributed by atoms with Crippen molar-refractivity contribution in [2.75, 3.05) is 6.61 Å². The highest BCUT2D eigenvalue weighted by Crippen LogP contribution is 2.55. The average molecular weight is 593 g/mol. The van der Waals surface area contributed by atoms with Gasteiger partial charge in [0.15, 0.2) is 0 Å². The number of benzene rings is 3. The van der Waals surface area contributed by atoms with E-state index in [1.54, 1.807) is 0 Å². The highest BCUT2D eigenvalue weighted by Gasteiger charge is 2.52. The molecule has 230 valence electrons. The molecule has 5 aliphatic rings. The first kappa shape index (κ1) is 28.9. The smallest absolute Gasteiger partial charge is 0.407 e. The van der Waals surface area contributed by atoms with Gasteiger partial charge in [-0.05, 0) is 117 Å². The average Bonchev–Trinajstić information content (AvgIpc) is 3.28. The molecule has 1 atom stereocenters. The zero-order valence-corrected chi connectivity index (χ0v) is 26.1. The van der Waals surface area contributed by atoms with Crippen molar-refractivity contribution in [3.05, 3.63) is 89.5 Å². The molecule has 8 rings (SSSR count). The highest BCUT2D eigenvalue weighted by atomic mass is 16.5. The molecule has 0 radical (unpaired) electrons. The first-order valence-corrected chi connectivity index (χ1v) is 16.3. The number of rotatable bonds is 8. The van der Waals surface area contributed by atoms with E-state index in [-0.39, 0.29) is 29.6 Å². The van der Waals surface area contributed by atoms with Crippen molar-refractivity contribution in [2.24, 2.45) is 17.8 Å². The van der Waals surface area contributed by atoms with Crippen LogP contribution in [0.5, 0.6) is 5.75 Å². The lowest BCUT2D eigenvalue weighted by Crippen LogP contribution is -2.63. The predicted octanol–water partition coefficient (Wildman–Crippen LogP) is 7.40. The number of alkyl carbamates (subject to hydrolysis) is 1. The van der Waals surface area contributed by atoms with Gasteiger partial charge in [0.2, 0.25) is 5.91 Å². The normalized spacial score (nSPS) is 25.6. The Labute approximate surface area is 260 Å². The molecule has 2 N–H and O–H groups in total. The molecule has 44 heavy (non-hydrogen) atoms. The molecule has 2 amide bonds. The largest absolute Gasteiger partial charge is 0.488 e. The number of hydrogen-bond acceptors (Lipinski definition) is 4. The Hall–Kier alpha value is -3.80. The van der Waals surface area contributed by atoms with Gasteiger partial charge in [0.25, 0.3) is 0 Å². The Morgan fingerprint density at radius 3 is 1.91 bits per heavy atom. The fourth-order valence-electron chi connectivity index (χ4n) is 8.89. The fraction of sp³-hybridized carbons (Fsp3) is 0.474. The molecule has 0 unspecified atom stereocenters. The van der Waals surface area contributed by atoms with Crippen LogP contribution in [0, 0.1) is 17.8 Å². The van der Waals surface area contributed by atoms with Crippen molar-refractivity contribution in [1.29, 1.82) is 0 Å². The molecule has 5 aliphatic carbocycles. The van der Waals surface area contributed by atoms with Gasteiger partial charge < -0.3 is 20.1 Å². The summed E-state index contributed by atoms with van der Waals surface area (Å²) in [5.74, 6) is 2.76. The van der Waals surface area contributed by atoms with Crippen molar-refractivity contribution in [3.63, 3.8) is 0 Å². The molecular weight excluding hydrogens is 548 g/mol. The second-order valence-electron chi connectivity index (χ2n) is 14.8. The van der Waals surface area contributed by atoms with Crippen molar-refractivity contribution >= 4 is 12.0 Å². The molecule has 3 aromatic carbocycles. The number of carbonyl (C=O) groups is 2. The van der Waals surface area contributed by atoms with E-state index in [2.05, 4.69) is 34.9 Å². The Morgan fingerprint density at radius 1 is 0.818 bits per heavy atom. The van der Waals surface area contributed by atoms with E-state index in [0.29, 0.717) is 24.2 Å². The molecular formula is C38H44N2O4. The van der Waals surface area contributed by atoms with Crippen LogP contribution in [0.3, 0.4) is 0 Å². The maximum absolute atomic E-state index is 14.0. The van der Waals surface area contributed by atoms with E-state index in [9.17, 15) is 9.59 Å². The molecule has 6 nitrogen and oxygen atoms in total. The van der Waals surface area contributed by atoms with Gasteiger partial charge in [-0.25, -0.2) is 4.79 Å². The van der Waals surface area contributed by atoms with Gasteiger partial charge in [-0.2, -0.15) is 0 Å². The van der Waals surface area contributed by atoms with Gasteiger partial charge in [-0.1, -0.05) is 60.7 Å².